The second-order valence-electron chi connectivity index (χ2n) is 19.2. The Morgan fingerprint density at radius 3 is 1.58 bits per heavy atom. The summed E-state index contributed by atoms with van der Waals surface area (Å²) in [7, 11) is 0. The molecule has 13 atom stereocenters. The van der Waals surface area contributed by atoms with Gasteiger partial charge in [-0.25, -0.2) is 4.79 Å². The first-order valence-corrected chi connectivity index (χ1v) is 25.1. The largest absolute Gasteiger partial charge is 0.480 e. The summed E-state index contributed by atoms with van der Waals surface area (Å²) in [4.78, 5) is 158. The smallest absolute Gasteiger partial charge is 0.328 e. The van der Waals surface area contributed by atoms with E-state index in [9.17, 15) is 83.1 Å². The number of carboxylic acid groups (broad SMARTS) is 1. The Morgan fingerprint density at radius 1 is 0.577 bits per heavy atom. The molecule has 30 nitrogen and oxygen atoms in total. The predicted molar refractivity (Wildman–Crippen MR) is 272 cm³/mol. The Balaban J connectivity index is 2.26. The van der Waals surface area contributed by atoms with Gasteiger partial charge in [0.25, 0.3) is 0 Å². The third-order valence-electron chi connectivity index (χ3n) is 12.2. The fraction of sp³-hybridized carbons (Fsp3) is 0.625. The van der Waals surface area contributed by atoms with Crippen molar-refractivity contribution in [1.29, 1.82) is 0 Å². The summed E-state index contributed by atoms with van der Waals surface area (Å²) in [5.74, 6) is -12.7. The number of primary amides is 1. The highest BCUT2D eigenvalue weighted by molar-refractivity contribution is 5.99. The van der Waals surface area contributed by atoms with E-state index in [1.807, 2.05) is 0 Å². The van der Waals surface area contributed by atoms with Gasteiger partial charge in [-0.1, -0.05) is 44.2 Å². The van der Waals surface area contributed by atoms with Crippen molar-refractivity contribution in [2.24, 2.45) is 17.4 Å². The molecule has 1 aromatic rings. The van der Waals surface area contributed by atoms with Crippen LogP contribution in [0.1, 0.15) is 79.2 Å². The van der Waals surface area contributed by atoms with Crippen molar-refractivity contribution in [2.45, 2.75) is 159 Å². The van der Waals surface area contributed by atoms with E-state index >= 15 is 0 Å². The molecule has 2 rings (SSSR count). The number of aliphatic carboxylic acids is 1. The molecule has 78 heavy (non-hydrogen) atoms. The minimum atomic E-state index is -1.85. The van der Waals surface area contributed by atoms with Gasteiger partial charge in [-0.15, -0.1) is 0 Å². The van der Waals surface area contributed by atoms with Crippen LogP contribution in [0.25, 0.3) is 0 Å². The maximum Gasteiger partial charge on any atom is 0.328 e. The number of carbonyl (C=O) groups excluding carboxylic acids is 11. The number of carboxylic acids is 1. The van der Waals surface area contributed by atoms with Crippen LogP contribution in [0, 0.1) is 5.92 Å². The molecule has 0 aromatic heterocycles. The van der Waals surface area contributed by atoms with Crippen molar-refractivity contribution in [3.63, 3.8) is 0 Å². The van der Waals surface area contributed by atoms with Crippen LogP contribution >= 0.6 is 0 Å². The molecule has 1 aliphatic rings. The lowest BCUT2D eigenvalue weighted by Gasteiger charge is -2.30. The van der Waals surface area contributed by atoms with Gasteiger partial charge >= 0.3 is 5.97 Å². The van der Waals surface area contributed by atoms with Crippen LogP contribution < -0.4 is 59.3 Å². The molecule has 0 unspecified atom stereocenters. The number of nitrogens with two attached hydrogens (primary N) is 2. The van der Waals surface area contributed by atoms with Crippen molar-refractivity contribution in [3.05, 3.63) is 35.9 Å². The van der Waals surface area contributed by atoms with Crippen molar-refractivity contribution in [2.75, 3.05) is 26.4 Å². The van der Waals surface area contributed by atoms with E-state index in [2.05, 4.69) is 47.9 Å². The second kappa shape index (κ2) is 32.4. The lowest BCUT2D eigenvalue weighted by molar-refractivity contribution is -0.147. The number of nitrogens with one attached hydrogen (secondary N) is 9. The van der Waals surface area contributed by atoms with Gasteiger partial charge in [-0.3, -0.25) is 52.7 Å². The Morgan fingerprint density at radius 2 is 1.06 bits per heavy atom. The molecule has 1 heterocycles. The molecule has 1 aromatic carbocycles. The molecule has 436 valence electrons. The normalized spacial score (nSPS) is 17.8. The van der Waals surface area contributed by atoms with Crippen LogP contribution in [-0.4, -0.2) is 212 Å². The van der Waals surface area contributed by atoms with Gasteiger partial charge in [0.05, 0.1) is 32.0 Å². The van der Waals surface area contributed by atoms with Gasteiger partial charge in [0.2, 0.25) is 65.0 Å². The van der Waals surface area contributed by atoms with Gasteiger partial charge < -0.3 is 94.9 Å². The average molecular weight is 1110 g/mol. The molecule has 0 bridgehead atoms. The number of hydrogen-bond donors (Lipinski definition) is 17. The lowest BCUT2D eigenvalue weighted by Crippen LogP contribution is -2.62. The zero-order valence-corrected chi connectivity index (χ0v) is 44.2. The third-order valence-corrected chi connectivity index (χ3v) is 12.2. The zero-order chi connectivity index (χ0) is 59.1. The third kappa shape index (κ3) is 21.2. The molecule has 1 saturated heterocycles. The minimum Gasteiger partial charge on any atom is -0.480 e. The number of hydrogen-bond acceptors (Lipinski definition) is 18. The number of benzene rings is 1. The number of amides is 11. The van der Waals surface area contributed by atoms with Gasteiger partial charge in [0.15, 0.2) is 6.04 Å². The van der Waals surface area contributed by atoms with Gasteiger partial charge in [0.1, 0.15) is 60.4 Å². The number of likely N-dealkylation sites (tertiary alicyclic amines) is 1. The first-order valence-electron chi connectivity index (χ1n) is 25.1. The molecule has 30 heteroatoms. The first kappa shape index (κ1) is 66.7. The molecule has 0 aliphatic carbocycles. The van der Waals surface area contributed by atoms with E-state index in [0.29, 0.717) is 12.0 Å². The molecule has 0 spiro atoms. The van der Waals surface area contributed by atoms with Crippen molar-refractivity contribution >= 4 is 70.9 Å². The summed E-state index contributed by atoms with van der Waals surface area (Å²) in [5, 5.41) is 80.4. The quantitative estimate of drug-likeness (QED) is 0.0319. The zero-order valence-electron chi connectivity index (χ0n) is 44.2. The Kier molecular flexibility index (Phi) is 27.7. The second-order valence-corrected chi connectivity index (χ2v) is 19.2. The lowest BCUT2D eigenvalue weighted by atomic mass is 10.0. The van der Waals surface area contributed by atoms with E-state index < -0.39 is 182 Å². The number of rotatable bonds is 32. The maximum absolute atomic E-state index is 14.0. The van der Waals surface area contributed by atoms with Crippen molar-refractivity contribution in [3.8, 4) is 0 Å². The van der Waals surface area contributed by atoms with E-state index in [1.165, 1.54) is 13.8 Å². The van der Waals surface area contributed by atoms with Gasteiger partial charge in [0, 0.05) is 19.4 Å². The standard InChI is InChI=1S/C48H76N12O18/c1-22(2)17-30(42(71)57-33(21-63)47(76)60-16-10-13-34(60)45(74)59-37(26(6)65)48(77)78)54-39(68)24(4)52-44(73)32(20-62)56-43(72)31(18-27-11-8-7-9-12-27)55-46(75)36(25(5)64)58-41(70)29(14-15-35(50)66)53-38(67)23(3)51-40(69)28(49)19-61/h7-9,11-12,22-26,28-34,36-37,61-65H,10,13-21,49H2,1-6H3,(H2,50,66)(H,51,69)(H,52,73)(H,53,67)(H,54,68)(H,55,75)(H,56,72)(H,57,71)(H,58,70)(H,59,74)(H,77,78)/t23-,24-,25+,26+,28-,29-,30-,31-,32-,33-,34-,36-,37-/m0/s1. The van der Waals surface area contributed by atoms with E-state index in [1.54, 1.807) is 44.2 Å². The van der Waals surface area contributed by atoms with Gasteiger partial charge in [-0.05, 0) is 64.9 Å². The molecule has 0 radical (unpaired) electrons. The Bertz CT molecular complexity index is 2270. The Hall–Kier alpha value is -7.38. The first-order chi connectivity index (χ1) is 36.6. The SMILES string of the molecule is CC(C)C[C@H](NC(=O)[C@H](C)NC(=O)[C@H](CO)NC(=O)[C@H](Cc1ccccc1)NC(=O)[C@@H](NC(=O)[C@H](CCC(N)=O)NC(=O)[C@H](C)NC(=O)[C@@H](N)CO)[C@@H](C)O)C(=O)N[C@@H](CO)C(=O)N1CCC[C@H]1C(=O)N[C@H](C(=O)O)[C@@H](C)O. The molecular weight excluding hydrogens is 1030 g/mol. The number of aliphatic hydroxyl groups excluding tert-OH is 5. The van der Waals surface area contributed by atoms with E-state index in [-0.39, 0.29) is 31.7 Å². The molecule has 19 N–H and O–H groups in total. The summed E-state index contributed by atoms with van der Waals surface area (Å²) in [6, 6.07) is -8.85. The highest BCUT2D eigenvalue weighted by atomic mass is 16.4. The molecule has 1 aliphatic heterocycles. The fourth-order valence-electron chi connectivity index (χ4n) is 7.75. The number of aliphatic hydroxyl groups is 5. The van der Waals surface area contributed by atoms with Crippen molar-refractivity contribution < 1.29 is 88.2 Å². The molecular formula is C48H76N12O18. The van der Waals surface area contributed by atoms with E-state index in [0.717, 1.165) is 18.7 Å². The number of nitrogens with zero attached hydrogens (tertiary/aromatic N) is 1. The topological polar surface area (TPSA) is 490 Å². The summed E-state index contributed by atoms with van der Waals surface area (Å²) in [5.41, 5.74) is 11.2. The monoisotopic (exact) mass is 1110 g/mol. The van der Waals surface area contributed by atoms with Gasteiger partial charge in [-0.2, -0.15) is 0 Å². The summed E-state index contributed by atoms with van der Waals surface area (Å²) < 4.78 is 0. The average Bonchev–Trinajstić information content (AvgIpc) is 3.88. The van der Waals surface area contributed by atoms with Crippen LogP contribution in [0.2, 0.25) is 0 Å². The van der Waals surface area contributed by atoms with Crippen LogP contribution in [-0.2, 0) is 64.0 Å². The van der Waals surface area contributed by atoms with E-state index in [4.69, 9.17) is 16.6 Å². The molecule has 1 fully saturated rings. The highest BCUT2D eigenvalue weighted by Gasteiger charge is 2.41. The fourth-order valence-corrected chi connectivity index (χ4v) is 7.75. The molecule has 0 saturated carbocycles. The van der Waals surface area contributed by atoms with Crippen LogP contribution in [0.3, 0.4) is 0 Å². The predicted octanol–water partition coefficient (Wildman–Crippen LogP) is -7.91. The summed E-state index contributed by atoms with van der Waals surface area (Å²) in [6.07, 6.45) is -3.93. The van der Waals surface area contributed by atoms with Crippen LogP contribution in [0.5, 0.6) is 0 Å². The van der Waals surface area contributed by atoms with Crippen LogP contribution in [0.4, 0.5) is 0 Å². The minimum absolute atomic E-state index is 0.00176. The number of carbonyl (C=O) groups is 12. The van der Waals surface area contributed by atoms with Crippen molar-refractivity contribution in [1.82, 2.24) is 52.8 Å². The summed E-state index contributed by atoms with van der Waals surface area (Å²) >= 11 is 0. The molecule has 11 amide bonds. The van der Waals surface area contributed by atoms with Crippen LogP contribution in [0.15, 0.2) is 30.3 Å². The maximum atomic E-state index is 14.0. The highest BCUT2D eigenvalue weighted by Crippen LogP contribution is 2.20. The Labute approximate surface area is 449 Å². The summed E-state index contributed by atoms with van der Waals surface area (Å²) in [6.45, 7) is 5.36.